The Bertz CT molecular complexity index is 1250. The average molecular weight is 476 g/mol. The predicted molar refractivity (Wildman–Crippen MR) is 125 cm³/mol. The maximum absolute atomic E-state index is 12.7. The molecule has 3 N–H and O–H groups in total. The van der Waals surface area contributed by atoms with E-state index in [1.165, 1.54) is 10.9 Å². The monoisotopic (exact) mass is 476 g/mol. The number of hydrogen-bond acceptors (Lipinski definition) is 6. The van der Waals surface area contributed by atoms with E-state index in [0.29, 0.717) is 0 Å². The Labute approximate surface area is 200 Å². The van der Waals surface area contributed by atoms with Gasteiger partial charge in [0, 0.05) is 13.0 Å². The molecular weight excluding hydrogens is 452 g/mol. The highest BCUT2D eigenvalue weighted by Gasteiger charge is 2.38. The molecule has 0 spiro atoms. The van der Waals surface area contributed by atoms with Crippen molar-refractivity contribution in [1.29, 1.82) is 0 Å². The summed E-state index contributed by atoms with van der Waals surface area (Å²) >= 11 is 0. The summed E-state index contributed by atoms with van der Waals surface area (Å²) in [5.74, 6) is -2.00. The van der Waals surface area contributed by atoms with Crippen LogP contribution in [-0.2, 0) is 21.4 Å². The summed E-state index contributed by atoms with van der Waals surface area (Å²) in [6.45, 7) is 0.115. The number of carbonyl (C=O) groups is 3. The number of fused-ring (bicyclic) bond motifs is 3. The van der Waals surface area contributed by atoms with Gasteiger partial charge in [-0.1, -0.05) is 48.5 Å². The first-order chi connectivity index (χ1) is 16.9. The zero-order chi connectivity index (χ0) is 24.5. The minimum Gasteiger partial charge on any atom is -0.479 e. The van der Waals surface area contributed by atoms with Gasteiger partial charge in [0.25, 0.3) is 5.91 Å². The molecule has 5 rings (SSSR count). The number of hydroxylamine groups is 1. The van der Waals surface area contributed by atoms with Crippen molar-refractivity contribution < 1.29 is 29.1 Å². The Morgan fingerprint density at radius 2 is 1.71 bits per heavy atom. The van der Waals surface area contributed by atoms with Crippen LogP contribution in [0.5, 0.6) is 0 Å². The number of aromatic nitrogens is 2. The summed E-state index contributed by atoms with van der Waals surface area (Å²) in [6.07, 6.45) is 0.855. The van der Waals surface area contributed by atoms with Crippen LogP contribution in [0.15, 0.2) is 54.7 Å². The van der Waals surface area contributed by atoms with E-state index in [1.54, 1.807) is 7.05 Å². The summed E-state index contributed by atoms with van der Waals surface area (Å²) in [5, 5.41) is 15.8. The third-order valence-corrected chi connectivity index (χ3v) is 6.32. The standard InChI is InChI=1S/C25H24N4O6/c1-29-22(19(12-26-29)23(30)28-35-21(24(31)32)14-10-11-14)27-25(33)34-13-20-17-8-4-2-6-15(17)16-7-3-5-9-18(16)20/h2-9,12,14,20-21H,10-11,13H2,1H3,(H,27,33)(H,28,30)(H,31,32). The van der Waals surface area contributed by atoms with Crippen molar-refractivity contribution in [3.8, 4) is 11.1 Å². The minimum atomic E-state index is -1.14. The highest BCUT2D eigenvalue weighted by atomic mass is 16.7. The van der Waals surface area contributed by atoms with E-state index in [-0.39, 0.29) is 29.8 Å². The lowest BCUT2D eigenvalue weighted by atomic mass is 9.98. The highest BCUT2D eigenvalue weighted by Crippen LogP contribution is 2.44. The van der Waals surface area contributed by atoms with Crippen molar-refractivity contribution in [2.45, 2.75) is 24.9 Å². The number of nitrogens with one attached hydrogen (secondary N) is 2. The molecule has 2 aliphatic carbocycles. The van der Waals surface area contributed by atoms with Gasteiger partial charge in [-0.05, 0) is 41.0 Å². The molecule has 2 amide bonds. The molecule has 35 heavy (non-hydrogen) atoms. The molecule has 1 fully saturated rings. The molecule has 180 valence electrons. The van der Waals surface area contributed by atoms with Crippen LogP contribution in [0.3, 0.4) is 0 Å². The maximum atomic E-state index is 12.7. The van der Waals surface area contributed by atoms with Gasteiger partial charge >= 0.3 is 12.1 Å². The quantitative estimate of drug-likeness (QED) is 0.425. The number of carbonyl (C=O) groups excluding carboxylic acids is 2. The zero-order valence-corrected chi connectivity index (χ0v) is 18.9. The summed E-state index contributed by atoms with van der Waals surface area (Å²) in [6, 6.07) is 16.0. The second-order valence-electron chi connectivity index (χ2n) is 8.63. The van der Waals surface area contributed by atoms with Gasteiger partial charge in [-0.3, -0.25) is 19.6 Å². The Kier molecular flexibility index (Phi) is 5.96. The summed E-state index contributed by atoms with van der Waals surface area (Å²) in [4.78, 5) is 41.7. The fourth-order valence-electron chi connectivity index (χ4n) is 4.40. The van der Waals surface area contributed by atoms with Crippen LogP contribution in [0, 0.1) is 5.92 Å². The molecule has 0 radical (unpaired) electrons. The van der Waals surface area contributed by atoms with Crippen molar-refractivity contribution >= 4 is 23.8 Å². The van der Waals surface area contributed by atoms with Crippen molar-refractivity contribution in [1.82, 2.24) is 15.3 Å². The second kappa shape index (κ2) is 9.22. The van der Waals surface area contributed by atoms with Crippen LogP contribution in [-0.4, -0.2) is 45.6 Å². The van der Waals surface area contributed by atoms with Gasteiger partial charge in [0.1, 0.15) is 18.0 Å². The third-order valence-electron chi connectivity index (χ3n) is 6.32. The van der Waals surface area contributed by atoms with Gasteiger partial charge in [-0.25, -0.2) is 15.1 Å². The highest BCUT2D eigenvalue weighted by molar-refractivity contribution is 6.01. The number of anilines is 1. The topological polar surface area (TPSA) is 132 Å². The van der Waals surface area contributed by atoms with Gasteiger partial charge < -0.3 is 9.84 Å². The van der Waals surface area contributed by atoms with E-state index in [9.17, 15) is 19.5 Å². The lowest BCUT2D eigenvalue weighted by molar-refractivity contribution is -0.155. The van der Waals surface area contributed by atoms with Crippen molar-refractivity contribution in [2.24, 2.45) is 13.0 Å². The van der Waals surface area contributed by atoms with Crippen LogP contribution in [0.2, 0.25) is 0 Å². The molecule has 3 aromatic rings. The largest absolute Gasteiger partial charge is 0.479 e. The molecule has 0 saturated heterocycles. The fraction of sp³-hybridized carbons (Fsp3) is 0.280. The molecule has 10 nitrogen and oxygen atoms in total. The fourth-order valence-corrected chi connectivity index (χ4v) is 4.40. The Balaban J connectivity index is 1.24. The first-order valence-corrected chi connectivity index (χ1v) is 11.3. The van der Waals surface area contributed by atoms with E-state index in [4.69, 9.17) is 9.57 Å². The van der Waals surface area contributed by atoms with E-state index in [0.717, 1.165) is 35.1 Å². The number of amides is 2. The van der Waals surface area contributed by atoms with Gasteiger partial charge in [-0.2, -0.15) is 5.10 Å². The zero-order valence-electron chi connectivity index (χ0n) is 18.9. The number of carboxylic acid groups (broad SMARTS) is 1. The maximum Gasteiger partial charge on any atom is 0.412 e. The first kappa shape index (κ1) is 22.6. The van der Waals surface area contributed by atoms with Crippen LogP contribution >= 0.6 is 0 Å². The van der Waals surface area contributed by atoms with Gasteiger partial charge in [0.05, 0.1) is 6.20 Å². The van der Waals surface area contributed by atoms with E-state index < -0.39 is 24.1 Å². The lowest BCUT2D eigenvalue weighted by Crippen LogP contribution is -2.36. The van der Waals surface area contributed by atoms with E-state index in [1.807, 2.05) is 36.4 Å². The molecule has 1 saturated carbocycles. The Hall–Kier alpha value is -4.18. The third kappa shape index (κ3) is 4.47. The predicted octanol–water partition coefficient (Wildman–Crippen LogP) is 3.31. The summed E-state index contributed by atoms with van der Waals surface area (Å²) in [5.41, 5.74) is 6.59. The molecule has 1 unspecified atom stereocenters. The molecule has 0 aliphatic heterocycles. The normalized spacial score (nSPS) is 15.1. The number of hydrogen-bond donors (Lipinski definition) is 3. The minimum absolute atomic E-state index is 0.0148. The van der Waals surface area contributed by atoms with Crippen LogP contribution in [0.1, 0.15) is 40.2 Å². The number of aliphatic carboxylic acids is 1. The number of aryl methyl sites for hydroxylation is 1. The number of nitrogens with zero attached hydrogens (tertiary/aromatic N) is 2. The molecule has 1 aromatic heterocycles. The number of ether oxygens (including phenoxy) is 1. The van der Waals surface area contributed by atoms with Crippen LogP contribution in [0.25, 0.3) is 11.1 Å². The van der Waals surface area contributed by atoms with Crippen molar-refractivity contribution in [3.63, 3.8) is 0 Å². The van der Waals surface area contributed by atoms with Crippen LogP contribution in [0.4, 0.5) is 10.6 Å². The lowest BCUT2D eigenvalue weighted by Gasteiger charge is -2.15. The average Bonchev–Trinajstić information content (AvgIpc) is 3.55. The summed E-state index contributed by atoms with van der Waals surface area (Å²) < 4.78 is 6.85. The molecule has 2 aromatic carbocycles. The van der Waals surface area contributed by atoms with Gasteiger partial charge in [0.15, 0.2) is 6.10 Å². The second-order valence-corrected chi connectivity index (χ2v) is 8.63. The molecule has 0 bridgehead atoms. The summed E-state index contributed by atoms with van der Waals surface area (Å²) in [7, 11) is 1.56. The van der Waals surface area contributed by atoms with E-state index in [2.05, 4.69) is 28.0 Å². The first-order valence-electron chi connectivity index (χ1n) is 11.3. The number of rotatable bonds is 8. The number of carboxylic acids is 1. The molecule has 10 heteroatoms. The van der Waals surface area contributed by atoms with Gasteiger partial charge in [-0.15, -0.1) is 0 Å². The van der Waals surface area contributed by atoms with Crippen molar-refractivity contribution in [2.75, 3.05) is 11.9 Å². The Morgan fingerprint density at radius 3 is 2.31 bits per heavy atom. The molecule has 1 atom stereocenters. The Morgan fingerprint density at radius 1 is 1.09 bits per heavy atom. The van der Waals surface area contributed by atoms with Crippen LogP contribution < -0.4 is 10.8 Å². The van der Waals surface area contributed by atoms with Crippen molar-refractivity contribution in [3.05, 3.63) is 71.4 Å². The number of benzene rings is 2. The van der Waals surface area contributed by atoms with Gasteiger partial charge in [0.2, 0.25) is 0 Å². The van der Waals surface area contributed by atoms with E-state index >= 15 is 0 Å². The molecule has 2 aliphatic rings. The smallest absolute Gasteiger partial charge is 0.412 e. The molecular formula is C25H24N4O6. The SMILES string of the molecule is Cn1ncc(C(=O)NOC(C(=O)O)C2CC2)c1NC(=O)OCC1c2ccccc2-c2ccccc21. The molecule has 1 heterocycles.